The van der Waals surface area contributed by atoms with Crippen LogP contribution in [-0.2, 0) is 0 Å². The van der Waals surface area contributed by atoms with Gasteiger partial charge >= 0.3 is 0 Å². The van der Waals surface area contributed by atoms with E-state index in [-0.39, 0.29) is 11.6 Å². The van der Waals surface area contributed by atoms with E-state index in [2.05, 4.69) is 15.1 Å². The largest absolute Gasteiger partial charge is 0.369 e. The van der Waals surface area contributed by atoms with E-state index in [4.69, 9.17) is 5.73 Å². The van der Waals surface area contributed by atoms with Crippen molar-refractivity contribution < 1.29 is 9.18 Å². The van der Waals surface area contributed by atoms with Crippen LogP contribution in [0.4, 0.5) is 15.9 Å². The van der Waals surface area contributed by atoms with Crippen LogP contribution in [0.1, 0.15) is 23.2 Å². The molecule has 0 saturated carbocycles. The molecule has 1 saturated heterocycles. The number of amides is 1. The van der Waals surface area contributed by atoms with Crippen LogP contribution in [0.2, 0.25) is 0 Å². The second-order valence-corrected chi connectivity index (χ2v) is 5.93. The summed E-state index contributed by atoms with van der Waals surface area (Å²) in [7, 11) is 1.87. The number of piperidine rings is 1. The van der Waals surface area contributed by atoms with Gasteiger partial charge in [-0.1, -0.05) is 6.07 Å². The van der Waals surface area contributed by atoms with E-state index in [9.17, 15) is 9.18 Å². The summed E-state index contributed by atoms with van der Waals surface area (Å²) < 4.78 is 14.0. The summed E-state index contributed by atoms with van der Waals surface area (Å²) in [6, 6.07) is 8.48. The number of hydrogen-bond acceptors (Lipinski definition) is 5. The maximum atomic E-state index is 14.0. The van der Waals surface area contributed by atoms with Crippen LogP contribution >= 0.6 is 0 Å². The average molecular weight is 329 g/mol. The molecule has 2 N–H and O–H groups in total. The van der Waals surface area contributed by atoms with Gasteiger partial charge in [0.05, 0.1) is 11.3 Å². The lowest BCUT2D eigenvalue weighted by Gasteiger charge is -2.39. The predicted octanol–water partition coefficient (Wildman–Crippen LogP) is 1.82. The Morgan fingerprint density at radius 1 is 1.38 bits per heavy atom. The van der Waals surface area contributed by atoms with Crippen LogP contribution in [0.15, 0.2) is 36.5 Å². The third-order valence-corrected chi connectivity index (χ3v) is 4.44. The Balaban J connectivity index is 1.84. The lowest BCUT2D eigenvalue weighted by molar-refractivity contribution is 0.0997. The molecule has 0 bridgehead atoms. The van der Waals surface area contributed by atoms with Gasteiger partial charge in [-0.05, 0) is 37.1 Å². The summed E-state index contributed by atoms with van der Waals surface area (Å²) in [6.07, 6.45) is 3.57. The summed E-state index contributed by atoms with van der Waals surface area (Å²) >= 11 is 0. The first-order chi connectivity index (χ1) is 11.6. The van der Waals surface area contributed by atoms with E-state index < -0.39 is 11.7 Å². The summed E-state index contributed by atoms with van der Waals surface area (Å²) in [6.45, 7) is 1.62. The molecule has 2 heterocycles. The number of hydrogen-bond donors (Lipinski definition) is 1. The molecule has 0 spiro atoms. The zero-order valence-corrected chi connectivity index (χ0v) is 13.5. The number of rotatable bonds is 4. The van der Waals surface area contributed by atoms with Crippen molar-refractivity contribution >= 4 is 17.4 Å². The van der Waals surface area contributed by atoms with Crippen molar-refractivity contribution in [1.82, 2.24) is 10.2 Å². The number of primary amides is 1. The Morgan fingerprint density at radius 3 is 2.92 bits per heavy atom. The van der Waals surface area contributed by atoms with E-state index in [1.165, 1.54) is 6.07 Å². The van der Waals surface area contributed by atoms with Crippen molar-refractivity contribution in [2.75, 3.05) is 29.9 Å². The lowest BCUT2D eigenvalue weighted by Crippen LogP contribution is -2.47. The highest BCUT2D eigenvalue weighted by molar-refractivity contribution is 5.99. The van der Waals surface area contributed by atoms with Crippen molar-refractivity contribution in [3.63, 3.8) is 0 Å². The number of carbonyl (C=O) groups is 1. The molecule has 0 radical (unpaired) electrons. The van der Waals surface area contributed by atoms with Crippen LogP contribution in [0.3, 0.4) is 0 Å². The maximum absolute atomic E-state index is 14.0. The Kier molecular flexibility index (Phi) is 4.59. The molecule has 3 rings (SSSR count). The average Bonchev–Trinajstić information content (AvgIpc) is 2.61. The molecular formula is C17H20FN5O. The zero-order valence-electron chi connectivity index (χ0n) is 13.5. The fourth-order valence-electron chi connectivity index (χ4n) is 3.19. The second-order valence-electron chi connectivity index (χ2n) is 5.93. The Hall–Kier alpha value is -2.70. The van der Waals surface area contributed by atoms with E-state index in [1.54, 1.807) is 18.3 Å². The smallest absolute Gasteiger partial charge is 0.253 e. The van der Waals surface area contributed by atoms with E-state index >= 15 is 0 Å². The first-order valence-corrected chi connectivity index (χ1v) is 7.91. The zero-order chi connectivity index (χ0) is 17.1. The summed E-state index contributed by atoms with van der Waals surface area (Å²) in [5.74, 6) is -0.519. The molecule has 1 amide bonds. The number of aromatic nitrogens is 2. The Labute approximate surface area is 140 Å². The maximum Gasteiger partial charge on any atom is 0.253 e. The van der Waals surface area contributed by atoms with Gasteiger partial charge in [0, 0.05) is 32.4 Å². The van der Waals surface area contributed by atoms with Gasteiger partial charge in [-0.25, -0.2) is 4.39 Å². The first-order valence-electron chi connectivity index (χ1n) is 7.91. The fourth-order valence-corrected chi connectivity index (χ4v) is 3.19. The molecule has 0 aliphatic carbocycles. The predicted molar refractivity (Wildman–Crippen MR) is 90.6 cm³/mol. The minimum atomic E-state index is -0.753. The van der Waals surface area contributed by atoms with E-state index in [0.717, 1.165) is 31.7 Å². The van der Waals surface area contributed by atoms with Gasteiger partial charge in [0.15, 0.2) is 5.82 Å². The molecule has 24 heavy (non-hydrogen) atoms. The molecule has 126 valence electrons. The molecule has 6 nitrogen and oxygen atoms in total. The molecule has 1 aromatic heterocycles. The molecule has 1 unspecified atom stereocenters. The van der Waals surface area contributed by atoms with Crippen LogP contribution in [0.5, 0.6) is 0 Å². The quantitative estimate of drug-likeness (QED) is 0.926. The van der Waals surface area contributed by atoms with Crippen molar-refractivity contribution in [3.05, 3.63) is 47.9 Å². The molecule has 1 aromatic carbocycles. The highest BCUT2D eigenvalue weighted by Crippen LogP contribution is 2.27. The number of anilines is 2. The monoisotopic (exact) mass is 329 g/mol. The van der Waals surface area contributed by atoms with Gasteiger partial charge in [-0.2, -0.15) is 5.10 Å². The van der Waals surface area contributed by atoms with Crippen LogP contribution in [0.25, 0.3) is 0 Å². The summed E-state index contributed by atoms with van der Waals surface area (Å²) in [5.41, 5.74) is 5.83. The number of benzene rings is 1. The number of likely N-dealkylation sites (N-methyl/N-ethyl adjacent to an activating group) is 1. The number of carbonyl (C=O) groups excluding carboxylic acids is 1. The Morgan fingerprint density at radius 2 is 2.21 bits per heavy atom. The standard InChI is InChI=1S/C17H20FN5O/c1-22(14-7-2-6-13(18)16(14)17(19)24)12-5-4-10-23(11-12)15-8-3-9-20-21-15/h2-3,6-9,12H,4-5,10-11H2,1H3,(H2,19,24). The van der Waals surface area contributed by atoms with Gasteiger partial charge in [-0.3, -0.25) is 4.79 Å². The molecule has 1 atom stereocenters. The minimum Gasteiger partial charge on any atom is -0.369 e. The molecule has 2 aromatic rings. The third kappa shape index (κ3) is 3.15. The molecule has 1 aliphatic rings. The second kappa shape index (κ2) is 6.82. The fraction of sp³-hybridized carbons (Fsp3) is 0.353. The van der Waals surface area contributed by atoms with Gasteiger partial charge in [0.25, 0.3) is 5.91 Å². The normalized spacial score (nSPS) is 17.6. The molecule has 1 aliphatic heterocycles. The molecular weight excluding hydrogens is 309 g/mol. The molecule has 7 heteroatoms. The van der Waals surface area contributed by atoms with Crippen molar-refractivity contribution in [3.8, 4) is 0 Å². The van der Waals surface area contributed by atoms with Crippen LogP contribution in [-0.4, -0.2) is 42.3 Å². The van der Waals surface area contributed by atoms with Crippen molar-refractivity contribution in [2.24, 2.45) is 5.73 Å². The summed E-state index contributed by atoms with van der Waals surface area (Å²) in [5, 5.41) is 8.07. The lowest BCUT2D eigenvalue weighted by atomic mass is 10.0. The number of nitrogens with two attached hydrogens (primary N) is 1. The van der Waals surface area contributed by atoms with E-state index in [1.807, 2.05) is 24.1 Å². The van der Waals surface area contributed by atoms with Gasteiger partial charge < -0.3 is 15.5 Å². The van der Waals surface area contributed by atoms with Crippen LogP contribution in [0, 0.1) is 5.82 Å². The SMILES string of the molecule is CN(c1cccc(F)c1C(N)=O)C1CCCN(c2cccnn2)C1. The molecule has 1 fully saturated rings. The number of halogens is 1. The minimum absolute atomic E-state index is 0.0587. The highest BCUT2D eigenvalue weighted by atomic mass is 19.1. The van der Waals surface area contributed by atoms with Gasteiger partial charge in [-0.15, -0.1) is 5.10 Å². The van der Waals surface area contributed by atoms with Crippen molar-refractivity contribution in [1.29, 1.82) is 0 Å². The van der Waals surface area contributed by atoms with Crippen LogP contribution < -0.4 is 15.5 Å². The number of nitrogens with zero attached hydrogens (tertiary/aromatic N) is 4. The summed E-state index contributed by atoms with van der Waals surface area (Å²) in [4.78, 5) is 15.7. The van der Waals surface area contributed by atoms with Crippen molar-refractivity contribution in [2.45, 2.75) is 18.9 Å². The topological polar surface area (TPSA) is 75.3 Å². The third-order valence-electron chi connectivity index (χ3n) is 4.44. The van der Waals surface area contributed by atoms with Gasteiger partial charge in [0.2, 0.25) is 0 Å². The van der Waals surface area contributed by atoms with Gasteiger partial charge in [0.1, 0.15) is 5.82 Å². The first kappa shape index (κ1) is 16.2. The highest BCUT2D eigenvalue weighted by Gasteiger charge is 2.27. The Bertz CT molecular complexity index is 724. The van der Waals surface area contributed by atoms with E-state index in [0.29, 0.717) is 5.69 Å².